The molecule has 2 aromatic rings. The molecule has 0 bridgehead atoms. The minimum absolute atomic E-state index is 0.112. The molecule has 1 amide bonds. The third-order valence-electron chi connectivity index (χ3n) is 2.34. The topological polar surface area (TPSA) is 42.0 Å². The lowest BCUT2D eigenvalue weighted by Gasteiger charge is -2.06. The minimum Gasteiger partial charge on any atom is -0.352 e. The average molecular weight is 285 g/mol. The average Bonchev–Trinajstić information content (AvgIpc) is 2.82. The molecule has 0 radical (unpaired) electrons. The molecule has 0 unspecified atom stereocenters. The van der Waals surface area contributed by atoms with E-state index in [1.54, 1.807) is 5.51 Å². The van der Waals surface area contributed by atoms with Gasteiger partial charge in [0, 0.05) is 18.3 Å². The lowest BCUT2D eigenvalue weighted by Crippen LogP contribution is -2.27. The van der Waals surface area contributed by atoms with Crippen LogP contribution in [0.25, 0.3) is 0 Å². The molecule has 2 rings (SSSR count). The molecule has 0 fully saturated rings. The summed E-state index contributed by atoms with van der Waals surface area (Å²) in [6.07, 6.45) is 0.612. The highest BCUT2D eigenvalue weighted by atomic mass is 35.5. The van der Waals surface area contributed by atoms with Gasteiger partial charge in [0.25, 0.3) is 5.91 Å². The Morgan fingerprint density at radius 3 is 3.00 bits per heavy atom. The van der Waals surface area contributed by atoms with Crippen molar-refractivity contribution in [1.82, 2.24) is 10.3 Å². The van der Waals surface area contributed by atoms with Gasteiger partial charge in [0.2, 0.25) is 0 Å². The van der Waals surface area contributed by atoms with E-state index in [4.69, 9.17) is 11.6 Å². The highest BCUT2D eigenvalue weighted by Gasteiger charge is 2.14. The van der Waals surface area contributed by atoms with Gasteiger partial charge in [-0.1, -0.05) is 17.7 Å². The second-order valence-electron chi connectivity index (χ2n) is 3.58. The maximum absolute atomic E-state index is 13.4. The van der Waals surface area contributed by atoms with Crippen LogP contribution < -0.4 is 5.32 Å². The van der Waals surface area contributed by atoms with Gasteiger partial charge in [-0.3, -0.25) is 4.79 Å². The number of carbonyl (C=O) groups is 1. The molecule has 0 aliphatic carbocycles. The van der Waals surface area contributed by atoms with Gasteiger partial charge in [-0.15, -0.1) is 11.3 Å². The number of carbonyl (C=O) groups excluding carboxylic acids is 1. The number of rotatable bonds is 4. The van der Waals surface area contributed by atoms with Crippen LogP contribution in [0.2, 0.25) is 5.02 Å². The number of benzene rings is 1. The van der Waals surface area contributed by atoms with E-state index in [1.165, 1.54) is 29.5 Å². The molecule has 3 nitrogen and oxygen atoms in total. The number of amides is 1. The van der Waals surface area contributed by atoms with Gasteiger partial charge < -0.3 is 5.32 Å². The Morgan fingerprint density at radius 1 is 1.50 bits per heavy atom. The van der Waals surface area contributed by atoms with Crippen molar-refractivity contribution in [1.29, 1.82) is 0 Å². The van der Waals surface area contributed by atoms with Gasteiger partial charge in [-0.2, -0.15) is 0 Å². The Balaban J connectivity index is 1.96. The van der Waals surface area contributed by atoms with Crippen LogP contribution in [0.1, 0.15) is 16.1 Å². The van der Waals surface area contributed by atoms with Crippen molar-refractivity contribution < 1.29 is 9.18 Å². The molecule has 0 aliphatic heterocycles. The van der Waals surface area contributed by atoms with Gasteiger partial charge in [0.05, 0.1) is 21.8 Å². The summed E-state index contributed by atoms with van der Waals surface area (Å²) in [5.74, 6) is -1.12. The fourth-order valence-corrected chi connectivity index (χ4v) is 2.31. The van der Waals surface area contributed by atoms with Gasteiger partial charge in [-0.05, 0) is 12.1 Å². The largest absolute Gasteiger partial charge is 0.352 e. The second-order valence-corrected chi connectivity index (χ2v) is 4.71. The van der Waals surface area contributed by atoms with Crippen LogP contribution in [0.5, 0.6) is 0 Å². The number of hydrogen-bond donors (Lipinski definition) is 1. The van der Waals surface area contributed by atoms with E-state index in [9.17, 15) is 9.18 Å². The number of nitrogens with one attached hydrogen (secondary N) is 1. The SMILES string of the molecule is O=C(NCCc1cscn1)c1c(F)cccc1Cl. The van der Waals surface area contributed by atoms with Crippen molar-refractivity contribution in [3.63, 3.8) is 0 Å². The molecular weight excluding hydrogens is 275 g/mol. The van der Waals surface area contributed by atoms with E-state index in [-0.39, 0.29) is 10.6 Å². The van der Waals surface area contributed by atoms with Crippen molar-refractivity contribution in [2.24, 2.45) is 0 Å². The first-order chi connectivity index (χ1) is 8.68. The number of nitrogens with zero attached hydrogens (tertiary/aromatic N) is 1. The van der Waals surface area contributed by atoms with Crippen LogP contribution in [-0.2, 0) is 6.42 Å². The summed E-state index contributed by atoms with van der Waals surface area (Å²) in [5.41, 5.74) is 2.52. The summed E-state index contributed by atoms with van der Waals surface area (Å²) in [6, 6.07) is 4.16. The Bertz CT molecular complexity index is 525. The molecule has 1 aromatic heterocycles. The van der Waals surface area contributed by atoms with E-state index in [2.05, 4.69) is 10.3 Å². The molecule has 6 heteroatoms. The molecule has 0 saturated heterocycles. The zero-order valence-corrected chi connectivity index (χ0v) is 10.9. The normalized spacial score (nSPS) is 10.3. The summed E-state index contributed by atoms with van der Waals surface area (Å²) in [5, 5.41) is 4.64. The molecule has 0 saturated carbocycles. The van der Waals surface area contributed by atoms with Crippen molar-refractivity contribution in [3.05, 3.63) is 51.2 Å². The standard InChI is InChI=1S/C12H10ClFN2OS/c13-9-2-1-3-10(14)11(9)12(17)15-5-4-8-6-18-7-16-8/h1-3,6-7H,4-5H2,(H,15,17). The Morgan fingerprint density at radius 2 is 2.33 bits per heavy atom. The molecule has 0 aliphatic rings. The first kappa shape index (κ1) is 13.0. The number of thiazole rings is 1. The van der Waals surface area contributed by atoms with Crippen molar-refractivity contribution in [3.8, 4) is 0 Å². The Hall–Kier alpha value is -1.46. The molecule has 0 atom stereocenters. The van der Waals surface area contributed by atoms with E-state index >= 15 is 0 Å². The first-order valence-electron chi connectivity index (χ1n) is 5.28. The van der Waals surface area contributed by atoms with Crippen LogP contribution >= 0.6 is 22.9 Å². The van der Waals surface area contributed by atoms with Crippen molar-refractivity contribution in [2.75, 3.05) is 6.54 Å². The fourth-order valence-electron chi connectivity index (χ4n) is 1.47. The van der Waals surface area contributed by atoms with Crippen molar-refractivity contribution >= 4 is 28.8 Å². The Labute approximate surface area is 113 Å². The predicted molar refractivity (Wildman–Crippen MR) is 69.6 cm³/mol. The molecular formula is C12H10ClFN2OS. The zero-order chi connectivity index (χ0) is 13.0. The van der Waals surface area contributed by atoms with Gasteiger partial charge in [0.15, 0.2) is 0 Å². The van der Waals surface area contributed by atoms with E-state index in [0.29, 0.717) is 13.0 Å². The Kier molecular flexibility index (Phi) is 4.28. The zero-order valence-electron chi connectivity index (χ0n) is 9.32. The quantitative estimate of drug-likeness (QED) is 0.938. The summed E-state index contributed by atoms with van der Waals surface area (Å²) >= 11 is 7.29. The van der Waals surface area contributed by atoms with Crippen LogP contribution in [0.4, 0.5) is 4.39 Å². The summed E-state index contributed by atoms with van der Waals surface area (Å²) in [7, 11) is 0. The highest BCUT2D eigenvalue weighted by molar-refractivity contribution is 7.07. The minimum atomic E-state index is -0.617. The number of aromatic nitrogens is 1. The first-order valence-corrected chi connectivity index (χ1v) is 6.60. The lowest BCUT2D eigenvalue weighted by atomic mass is 10.2. The fraction of sp³-hybridized carbons (Fsp3) is 0.167. The van der Waals surface area contributed by atoms with E-state index in [0.717, 1.165) is 5.69 Å². The number of hydrogen-bond acceptors (Lipinski definition) is 3. The predicted octanol–water partition coefficient (Wildman–Crippen LogP) is 2.91. The summed E-state index contributed by atoms with van der Waals surface area (Å²) in [4.78, 5) is 15.8. The number of halogens is 2. The van der Waals surface area contributed by atoms with Crippen LogP contribution in [0, 0.1) is 5.82 Å². The molecule has 1 aromatic carbocycles. The van der Waals surface area contributed by atoms with Crippen LogP contribution in [0.3, 0.4) is 0 Å². The maximum atomic E-state index is 13.4. The van der Waals surface area contributed by atoms with E-state index < -0.39 is 11.7 Å². The van der Waals surface area contributed by atoms with Crippen molar-refractivity contribution in [2.45, 2.75) is 6.42 Å². The molecule has 1 N–H and O–H groups in total. The highest BCUT2D eigenvalue weighted by Crippen LogP contribution is 2.18. The lowest BCUT2D eigenvalue weighted by molar-refractivity contribution is 0.0950. The molecule has 1 heterocycles. The summed E-state index contributed by atoms with van der Waals surface area (Å²) in [6.45, 7) is 0.396. The second kappa shape index (κ2) is 5.93. The van der Waals surface area contributed by atoms with Crippen LogP contribution in [-0.4, -0.2) is 17.4 Å². The molecule has 0 spiro atoms. The summed E-state index contributed by atoms with van der Waals surface area (Å²) < 4.78 is 13.4. The molecule has 94 valence electrons. The monoisotopic (exact) mass is 284 g/mol. The van der Waals surface area contributed by atoms with Gasteiger partial charge in [-0.25, -0.2) is 9.37 Å². The maximum Gasteiger partial charge on any atom is 0.255 e. The third kappa shape index (κ3) is 3.05. The van der Waals surface area contributed by atoms with Crippen LogP contribution in [0.15, 0.2) is 29.1 Å². The molecule has 18 heavy (non-hydrogen) atoms. The van der Waals surface area contributed by atoms with E-state index in [1.807, 2.05) is 5.38 Å². The smallest absolute Gasteiger partial charge is 0.255 e. The van der Waals surface area contributed by atoms with Gasteiger partial charge >= 0.3 is 0 Å². The third-order valence-corrected chi connectivity index (χ3v) is 3.29. The van der Waals surface area contributed by atoms with Gasteiger partial charge in [0.1, 0.15) is 5.82 Å².